The van der Waals surface area contributed by atoms with E-state index < -0.39 is 6.10 Å². The van der Waals surface area contributed by atoms with Crippen LogP contribution in [-0.2, 0) is 9.53 Å². The maximum absolute atomic E-state index is 11.3. The Morgan fingerprint density at radius 3 is 2.78 bits per heavy atom. The number of carbonyl (C=O) groups is 1. The first-order valence-corrected chi connectivity index (χ1v) is 8.96. The van der Waals surface area contributed by atoms with E-state index in [-0.39, 0.29) is 17.3 Å². The number of hydrogen-bond acceptors (Lipinski definition) is 3. The van der Waals surface area contributed by atoms with Crippen LogP contribution in [0, 0.1) is 22.7 Å². The van der Waals surface area contributed by atoms with Crippen LogP contribution in [0.3, 0.4) is 0 Å². The molecule has 0 amide bonds. The molecule has 2 aliphatic carbocycles. The van der Waals surface area contributed by atoms with Crippen molar-refractivity contribution in [3.05, 3.63) is 23.8 Å². The number of aliphatic hydroxyl groups is 1. The average molecular weight is 318 g/mol. The molecule has 0 unspecified atom stereocenters. The number of rotatable bonds is 3. The molecular weight excluding hydrogens is 288 g/mol. The number of ether oxygens (including phenoxy) is 1. The van der Waals surface area contributed by atoms with Crippen LogP contribution < -0.4 is 0 Å². The summed E-state index contributed by atoms with van der Waals surface area (Å²) < 4.78 is 4.98. The van der Waals surface area contributed by atoms with Gasteiger partial charge in [-0.3, -0.25) is 0 Å². The Bertz CT molecular complexity index is 545. The van der Waals surface area contributed by atoms with E-state index in [9.17, 15) is 9.90 Å². The molecule has 23 heavy (non-hydrogen) atoms. The Kier molecular flexibility index (Phi) is 4.20. The monoisotopic (exact) mass is 318 g/mol. The summed E-state index contributed by atoms with van der Waals surface area (Å²) in [6.07, 6.45) is 7.46. The van der Waals surface area contributed by atoms with E-state index in [0.717, 1.165) is 18.4 Å². The molecule has 128 valence electrons. The van der Waals surface area contributed by atoms with Crippen molar-refractivity contribution in [2.45, 2.75) is 65.4 Å². The lowest BCUT2D eigenvalue weighted by atomic mass is 9.46. The molecular formula is C20H30O3. The van der Waals surface area contributed by atoms with E-state index in [4.69, 9.17) is 4.74 Å². The molecule has 1 N–H and O–H groups in total. The van der Waals surface area contributed by atoms with Crippen LogP contribution in [0.15, 0.2) is 23.8 Å². The van der Waals surface area contributed by atoms with Crippen LogP contribution >= 0.6 is 0 Å². The second kappa shape index (κ2) is 5.77. The Morgan fingerprint density at radius 1 is 1.39 bits per heavy atom. The van der Waals surface area contributed by atoms with E-state index in [1.807, 2.05) is 0 Å². The molecule has 0 radical (unpaired) electrons. The van der Waals surface area contributed by atoms with Crippen molar-refractivity contribution in [1.82, 2.24) is 0 Å². The standard InChI is InChI=1S/C20H30O3/c1-13-6-7-16-19(2,3)8-5-9-20(16,4)18(13)15(21)10-14-11-17(22)23-12-14/h11,15-16,18,21H,1,5-10,12H2,2-4H3/t15-,16+,18-,20+/m1/s1. The summed E-state index contributed by atoms with van der Waals surface area (Å²) in [6.45, 7) is 11.8. The van der Waals surface area contributed by atoms with Crippen molar-refractivity contribution in [1.29, 1.82) is 0 Å². The molecule has 0 saturated heterocycles. The fourth-order valence-electron chi connectivity index (χ4n) is 5.84. The molecule has 0 spiro atoms. The van der Waals surface area contributed by atoms with Gasteiger partial charge in [0.25, 0.3) is 0 Å². The van der Waals surface area contributed by atoms with Gasteiger partial charge in [0, 0.05) is 12.0 Å². The second-order valence-corrected chi connectivity index (χ2v) is 8.76. The Morgan fingerprint density at radius 2 is 2.13 bits per heavy atom. The number of hydrogen-bond donors (Lipinski definition) is 1. The first kappa shape index (κ1) is 16.8. The van der Waals surface area contributed by atoms with Crippen LogP contribution in [-0.4, -0.2) is 23.8 Å². The molecule has 1 heterocycles. The lowest BCUT2D eigenvalue weighted by Crippen LogP contribution is -2.52. The van der Waals surface area contributed by atoms with Gasteiger partial charge in [-0.15, -0.1) is 0 Å². The number of cyclic esters (lactones) is 1. The maximum Gasteiger partial charge on any atom is 0.331 e. The van der Waals surface area contributed by atoms with Gasteiger partial charge in [-0.25, -0.2) is 4.79 Å². The minimum absolute atomic E-state index is 0.112. The molecule has 3 aliphatic rings. The Hall–Kier alpha value is -1.09. The van der Waals surface area contributed by atoms with Gasteiger partial charge in [0.2, 0.25) is 0 Å². The predicted molar refractivity (Wildman–Crippen MR) is 90.8 cm³/mol. The Labute approximate surface area is 139 Å². The zero-order chi connectivity index (χ0) is 16.8. The highest BCUT2D eigenvalue weighted by molar-refractivity contribution is 5.85. The van der Waals surface area contributed by atoms with E-state index in [2.05, 4.69) is 27.4 Å². The number of carbonyl (C=O) groups excluding carboxylic acids is 1. The van der Waals surface area contributed by atoms with Gasteiger partial charge in [-0.1, -0.05) is 39.3 Å². The first-order chi connectivity index (χ1) is 10.7. The summed E-state index contributed by atoms with van der Waals surface area (Å²) in [6, 6.07) is 0. The molecule has 1 aliphatic heterocycles. The van der Waals surface area contributed by atoms with Crippen LogP contribution in [0.25, 0.3) is 0 Å². The minimum Gasteiger partial charge on any atom is -0.458 e. The van der Waals surface area contributed by atoms with Crippen LogP contribution in [0.2, 0.25) is 0 Å². The highest BCUT2D eigenvalue weighted by atomic mass is 16.5. The SMILES string of the molecule is C=C1CC[C@H]2C(C)(C)CCC[C@]2(C)[C@H]1[C@H](O)CC1=CC(=O)OC1. The van der Waals surface area contributed by atoms with Crippen molar-refractivity contribution >= 4 is 5.97 Å². The molecule has 0 aromatic rings. The lowest BCUT2D eigenvalue weighted by molar-refractivity contribution is -0.135. The number of esters is 1. The van der Waals surface area contributed by atoms with Crippen molar-refractivity contribution < 1.29 is 14.6 Å². The smallest absolute Gasteiger partial charge is 0.331 e. The lowest BCUT2D eigenvalue weighted by Gasteiger charge is -2.58. The summed E-state index contributed by atoms with van der Waals surface area (Å²) in [7, 11) is 0. The van der Waals surface area contributed by atoms with Crippen molar-refractivity contribution in [2.24, 2.45) is 22.7 Å². The molecule has 2 fully saturated rings. The first-order valence-electron chi connectivity index (χ1n) is 8.96. The quantitative estimate of drug-likeness (QED) is 0.631. The van der Waals surface area contributed by atoms with Crippen molar-refractivity contribution in [2.75, 3.05) is 6.61 Å². The van der Waals surface area contributed by atoms with Gasteiger partial charge in [-0.2, -0.15) is 0 Å². The van der Waals surface area contributed by atoms with E-state index in [0.29, 0.717) is 24.4 Å². The van der Waals surface area contributed by atoms with Gasteiger partial charge in [-0.05, 0) is 54.4 Å². The zero-order valence-electron chi connectivity index (χ0n) is 14.7. The summed E-state index contributed by atoms with van der Waals surface area (Å²) in [4.78, 5) is 11.3. The van der Waals surface area contributed by atoms with Crippen molar-refractivity contribution in [3.63, 3.8) is 0 Å². The fraction of sp³-hybridized carbons (Fsp3) is 0.750. The maximum atomic E-state index is 11.3. The van der Waals surface area contributed by atoms with Crippen LogP contribution in [0.1, 0.15) is 59.3 Å². The average Bonchev–Trinajstić information content (AvgIpc) is 2.82. The molecule has 3 heteroatoms. The molecule has 3 nitrogen and oxygen atoms in total. The highest BCUT2D eigenvalue weighted by Crippen LogP contribution is 2.61. The van der Waals surface area contributed by atoms with Gasteiger partial charge >= 0.3 is 5.97 Å². The van der Waals surface area contributed by atoms with Gasteiger partial charge < -0.3 is 9.84 Å². The highest BCUT2D eigenvalue weighted by Gasteiger charge is 2.54. The second-order valence-electron chi connectivity index (χ2n) is 8.76. The van der Waals surface area contributed by atoms with Gasteiger partial charge in [0.15, 0.2) is 0 Å². The summed E-state index contributed by atoms with van der Waals surface area (Å²) in [5.74, 6) is 0.472. The summed E-state index contributed by atoms with van der Waals surface area (Å²) in [5.41, 5.74) is 2.55. The third kappa shape index (κ3) is 2.88. The van der Waals surface area contributed by atoms with E-state index >= 15 is 0 Å². The molecule has 2 saturated carbocycles. The van der Waals surface area contributed by atoms with Gasteiger partial charge in [0.05, 0.1) is 6.10 Å². The van der Waals surface area contributed by atoms with Crippen LogP contribution in [0.5, 0.6) is 0 Å². The molecule has 4 atom stereocenters. The predicted octanol–water partition coefficient (Wildman–Crippen LogP) is 4.02. The molecule has 0 aromatic carbocycles. The van der Waals surface area contributed by atoms with Gasteiger partial charge in [0.1, 0.15) is 6.61 Å². The Balaban J connectivity index is 1.84. The largest absolute Gasteiger partial charge is 0.458 e. The molecule has 0 aromatic heterocycles. The van der Waals surface area contributed by atoms with E-state index in [1.165, 1.54) is 24.8 Å². The minimum atomic E-state index is -0.468. The summed E-state index contributed by atoms with van der Waals surface area (Å²) in [5, 5.41) is 11.0. The number of aliphatic hydroxyl groups excluding tert-OH is 1. The van der Waals surface area contributed by atoms with Crippen molar-refractivity contribution in [3.8, 4) is 0 Å². The van der Waals surface area contributed by atoms with E-state index in [1.54, 1.807) is 6.08 Å². The molecule has 3 rings (SSSR count). The fourth-order valence-corrected chi connectivity index (χ4v) is 5.84. The zero-order valence-corrected chi connectivity index (χ0v) is 14.7. The summed E-state index contributed by atoms with van der Waals surface area (Å²) >= 11 is 0. The third-order valence-electron chi connectivity index (χ3n) is 6.76. The number of fused-ring (bicyclic) bond motifs is 1. The van der Waals surface area contributed by atoms with Crippen LogP contribution in [0.4, 0.5) is 0 Å². The normalized spacial score (nSPS) is 37.8. The third-order valence-corrected chi connectivity index (χ3v) is 6.76. The topological polar surface area (TPSA) is 46.5 Å². The molecule has 0 bridgehead atoms.